The number of halogens is 2. The smallest absolute Gasteiger partial charge is 0.317 e. The van der Waals surface area contributed by atoms with Gasteiger partial charge >= 0.3 is 17.9 Å². The molecule has 7 rings (SSSR count). The molecule has 32 heteroatoms. The molecule has 3 aromatic carbocycles. The van der Waals surface area contributed by atoms with Gasteiger partial charge in [-0.25, -0.2) is 4.68 Å². The third kappa shape index (κ3) is 22.5. The van der Waals surface area contributed by atoms with E-state index in [9.17, 15) is 57.1 Å². The second kappa shape index (κ2) is 34.8. The van der Waals surface area contributed by atoms with Crippen LogP contribution in [0.15, 0.2) is 54.6 Å². The lowest BCUT2D eigenvalue weighted by molar-refractivity contribution is -0.140. The van der Waals surface area contributed by atoms with Crippen molar-refractivity contribution in [2.75, 3.05) is 177 Å². The number of fused-ring (bicyclic) bond motifs is 3. The molecule has 6 N–H and O–H groups in total. The van der Waals surface area contributed by atoms with Gasteiger partial charge < -0.3 is 68.7 Å². The quantitative estimate of drug-likeness (QED) is 0.0301. The first-order valence-corrected chi connectivity index (χ1v) is 31.8. The fourth-order valence-corrected chi connectivity index (χ4v) is 11.6. The molecular formula is C59H79Cl2N9O20S. The Kier molecular flexibility index (Phi) is 27.4. The number of ether oxygens (including phenoxy) is 8. The van der Waals surface area contributed by atoms with Crippen LogP contribution in [-0.4, -0.2) is 287 Å². The van der Waals surface area contributed by atoms with Crippen molar-refractivity contribution in [3.05, 3.63) is 75.9 Å². The number of rotatable bonds is 32. The first-order chi connectivity index (χ1) is 43.5. The Morgan fingerprint density at radius 2 is 1.23 bits per heavy atom. The molecule has 0 bridgehead atoms. The third-order valence-electron chi connectivity index (χ3n) is 14.8. The summed E-state index contributed by atoms with van der Waals surface area (Å²) in [6, 6.07) is 14.7. The van der Waals surface area contributed by atoms with E-state index in [1.165, 1.54) is 0 Å². The van der Waals surface area contributed by atoms with Gasteiger partial charge in [0.05, 0.1) is 116 Å². The van der Waals surface area contributed by atoms with Gasteiger partial charge in [-0.05, 0) is 55.8 Å². The SMILES string of the molecule is COc1cc2c(cc1-c1cccc(OCCOCCOCCOCCOCCNC(=O)[C@H](CS(=O)(=O)O)NC(=O)CN3CCN(CC(=O)O)CCN(CC(=O)O)CCN(CC(=O)O)CC3)c1)-c1c(c(C(=O)N3CCOCC3(C)C)nn1-c1cc(Cl)cc(Cl)c1)CO2. The number of aromatic nitrogens is 2. The van der Waals surface area contributed by atoms with Gasteiger partial charge in [-0.1, -0.05) is 35.3 Å². The molecule has 2 fully saturated rings. The van der Waals surface area contributed by atoms with E-state index < -0.39 is 63.7 Å². The first-order valence-electron chi connectivity index (χ1n) is 29.4. The summed E-state index contributed by atoms with van der Waals surface area (Å²) in [5.74, 6) is -4.81. The zero-order valence-electron chi connectivity index (χ0n) is 51.0. The molecule has 4 heterocycles. The molecule has 0 unspecified atom stereocenters. The van der Waals surface area contributed by atoms with Crippen molar-refractivity contribution in [3.8, 4) is 45.3 Å². The number of benzene rings is 3. The number of carboxylic acid groups (broad SMARTS) is 3. The molecule has 0 aliphatic carbocycles. The number of morpholine rings is 1. The third-order valence-corrected chi connectivity index (χ3v) is 16.0. The highest BCUT2D eigenvalue weighted by Crippen LogP contribution is 2.47. The normalized spacial score (nSPS) is 16.5. The maximum atomic E-state index is 14.4. The van der Waals surface area contributed by atoms with Gasteiger partial charge in [0.1, 0.15) is 42.3 Å². The number of nitrogens with zero attached hydrogens (tertiary/aromatic N) is 7. The van der Waals surface area contributed by atoms with E-state index in [4.69, 9.17) is 66.2 Å². The van der Waals surface area contributed by atoms with Gasteiger partial charge in [0, 0.05) is 98.2 Å². The van der Waals surface area contributed by atoms with Crippen molar-refractivity contribution >= 4 is 68.9 Å². The van der Waals surface area contributed by atoms with E-state index in [0.717, 1.165) is 11.1 Å². The van der Waals surface area contributed by atoms with Crippen LogP contribution in [0.3, 0.4) is 0 Å². The van der Waals surface area contributed by atoms with Gasteiger partial charge in [-0.2, -0.15) is 13.5 Å². The zero-order valence-corrected chi connectivity index (χ0v) is 53.3. The van der Waals surface area contributed by atoms with Crippen LogP contribution in [0.25, 0.3) is 28.1 Å². The van der Waals surface area contributed by atoms with Gasteiger partial charge in [-0.15, -0.1) is 0 Å². The van der Waals surface area contributed by atoms with E-state index in [1.807, 2.05) is 50.2 Å². The van der Waals surface area contributed by atoms with E-state index >= 15 is 0 Å². The fourth-order valence-electron chi connectivity index (χ4n) is 10.4. The first kappa shape index (κ1) is 71.7. The van der Waals surface area contributed by atoms with Crippen LogP contribution in [0.4, 0.5) is 0 Å². The summed E-state index contributed by atoms with van der Waals surface area (Å²) in [7, 11) is -3.19. The molecule has 91 heavy (non-hydrogen) atoms. The highest BCUT2D eigenvalue weighted by atomic mass is 35.5. The summed E-state index contributed by atoms with van der Waals surface area (Å²) in [5, 5.41) is 39.0. The van der Waals surface area contributed by atoms with E-state index in [-0.39, 0.29) is 143 Å². The van der Waals surface area contributed by atoms with Crippen molar-refractivity contribution in [3.63, 3.8) is 0 Å². The maximum absolute atomic E-state index is 14.4. The lowest BCUT2D eigenvalue weighted by atomic mass is 9.95. The predicted molar refractivity (Wildman–Crippen MR) is 330 cm³/mol. The van der Waals surface area contributed by atoms with Crippen LogP contribution >= 0.6 is 23.2 Å². The molecule has 500 valence electrons. The van der Waals surface area contributed by atoms with Crippen molar-refractivity contribution in [1.82, 2.24) is 44.9 Å². The maximum Gasteiger partial charge on any atom is 0.317 e. The Morgan fingerprint density at radius 3 is 1.76 bits per heavy atom. The summed E-state index contributed by atoms with van der Waals surface area (Å²) >= 11 is 13.0. The zero-order chi connectivity index (χ0) is 65.7. The van der Waals surface area contributed by atoms with Crippen LogP contribution in [0, 0.1) is 0 Å². The lowest BCUT2D eigenvalue weighted by Gasteiger charge is -2.41. The van der Waals surface area contributed by atoms with E-state index in [2.05, 4.69) is 10.6 Å². The minimum Gasteiger partial charge on any atom is -0.496 e. The van der Waals surface area contributed by atoms with E-state index in [1.54, 1.807) is 54.5 Å². The van der Waals surface area contributed by atoms with Crippen LogP contribution in [0.2, 0.25) is 10.0 Å². The Balaban J connectivity index is 0.806. The highest BCUT2D eigenvalue weighted by molar-refractivity contribution is 7.85. The van der Waals surface area contributed by atoms with Crippen molar-refractivity contribution < 1.29 is 95.0 Å². The molecule has 2 saturated heterocycles. The number of amides is 3. The number of hydrogen-bond donors (Lipinski definition) is 6. The largest absolute Gasteiger partial charge is 0.496 e. The number of methoxy groups -OCH3 is 1. The molecule has 0 spiro atoms. The second-order valence-corrected chi connectivity index (χ2v) is 24.5. The summed E-state index contributed by atoms with van der Waals surface area (Å²) in [5.41, 5.74) is 3.68. The number of hydrogen-bond acceptors (Lipinski definition) is 21. The Morgan fingerprint density at radius 1 is 0.692 bits per heavy atom. The summed E-state index contributed by atoms with van der Waals surface area (Å²) in [4.78, 5) is 83.7. The Labute approximate surface area is 536 Å². The number of carboxylic acids is 3. The molecule has 3 amide bonds. The van der Waals surface area contributed by atoms with Crippen LogP contribution in [0.1, 0.15) is 29.9 Å². The van der Waals surface area contributed by atoms with Crippen LogP contribution in [0.5, 0.6) is 17.2 Å². The number of carbonyl (C=O) groups excluding carboxylic acids is 3. The van der Waals surface area contributed by atoms with Gasteiger partial charge in [0.2, 0.25) is 11.8 Å². The Hall–Kier alpha value is -6.78. The minimum absolute atomic E-state index is 0.0102. The monoisotopic (exact) mass is 1340 g/mol. The van der Waals surface area contributed by atoms with Crippen molar-refractivity contribution in [1.29, 1.82) is 0 Å². The molecule has 3 aliphatic heterocycles. The number of carbonyl (C=O) groups is 6. The average Bonchev–Trinajstić information content (AvgIpc) is 1.63. The molecule has 3 aliphatic rings. The predicted octanol–water partition coefficient (Wildman–Crippen LogP) is 2.07. The molecule has 1 aromatic heterocycles. The summed E-state index contributed by atoms with van der Waals surface area (Å²) in [6.07, 6.45) is 0. The lowest BCUT2D eigenvalue weighted by Crippen LogP contribution is -2.55. The van der Waals surface area contributed by atoms with E-state index in [0.29, 0.717) is 82.8 Å². The minimum atomic E-state index is -4.77. The van der Waals surface area contributed by atoms with Crippen LogP contribution < -0.4 is 24.8 Å². The molecule has 29 nitrogen and oxygen atoms in total. The second-order valence-electron chi connectivity index (χ2n) is 22.1. The van der Waals surface area contributed by atoms with Gasteiger partial charge in [-0.3, -0.25) is 52.9 Å². The summed E-state index contributed by atoms with van der Waals surface area (Å²) in [6.45, 7) is 6.56. The fraction of sp³-hybridized carbons (Fsp3) is 0.542. The molecule has 0 saturated carbocycles. The van der Waals surface area contributed by atoms with Crippen LogP contribution in [-0.2, 0) is 64.4 Å². The van der Waals surface area contributed by atoms with Gasteiger partial charge in [0.15, 0.2) is 5.69 Å². The Bertz CT molecular complexity index is 3220. The molecular weight excluding hydrogens is 1260 g/mol. The number of aliphatic carboxylic acids is 3. The van der Waals surface area contributed by atoms with Crippen molar-refractivity contribution in [2.45, 2.75) is 32.0 Å². The standard InChI is InChI=1S/C59H79Cl2N9O20S/c1-59(2)39-88-18-16-69(59)58(79)55-47-37-90-50-32-49(83-3)45(31-46(50)56(47)70(64-55)43-29-41(60)28-42(61)30-43)40-5-4-6-44(27-40)89-26-25-87-24-23-86-22-21-85-20-19-84-17-7-62-57(78)48(38-91(80,81)82)63-51(71)33-65-8-10-66(34-52(72)73)12-14-68(36-54(76)77)15-13-67(11-9-65)35-53(74)75/h4-6,27-32,48H,7-26,33-39H2,1-3H3,(H,62,78)(H,63,71)(H,72,73)(H,74,75)(H,76,77)(H,80,81,82)/t48-/m0/s1. The topological polar surface area (TPSA) is 349 Å². The highest BCUT2D eigenvalue weighted by Gasteiger charge is 2.40. The van der Waals surface area contributed by atoms with Crippen molar-refractivity contribution in [2.24, 2.45) is 0 Å². The molecule has 0 radical (unpaired) electrons. The van der Waals surface area contributed by atoms with Gasteiger partial charge in [0.25, 0.3) is 16.0 Å². The number of nitrogens with one attached hydrogen (secondary N) is 2. The summed E-state index contributed by atoms with van der Waals surface area (Å²) < 4.78 is 81.6. The molecule has 4 aromatic rings. The molecule has 1 atom stereocenters. The average molecular weight is 1340 g/mol.